The number of guanidine groups is 1. The highest BCUT2D eigenvalue weighted by molar-refractivity contribution is 14.0. The SMILES string of the molecule is CCNC(=NCCCNC(=O)c1occc1C)N1CCN(CC(C)C)CC1.I. The second kappa shape index (κ2) is 13.0. The van der Waals surface area contributed by atoms with Crippen molar-refractivity contribution in [2.24, 2.45) is 10.9 Å². The van der Waals surface area contributed by atoms with Gasteiger partial charge < -0.3 is 20.0 Å². The number of carbonyl (C=O) groups is 1. The van der Waals surface area contributed by atoms with Gasteiger partial charge in [0.1, 0.15) is 0 Å². The van der Waals surface area contributed by atoms with Crippen molar-refractivity contribution in [1.82, 2.24) is 20.4 Å². The highest BCUT2D eigenvalue weighted by atomic mass is 127. The zero-order chi connectivity index (χ0) is 19.6. The molecular weight excluding hydrogens is 469 g/mol. The molecule has 28 heavy (non-hydrogen) atoms. The maximum atomic E-state index is 12.0. The van der Waals surface area contributed by atoms with Crippen molar-refractivity contribution in [2.75, 3.05) is 52.4 Å². The summed E-state index contributed by atoms with van der Waals surface area (Å²) in [4.78, 5) is 21.6. The van der Waals surface area contributed by atoms with Crippen LogP contribution in [0.4, 0.5) is 0 Å². The molecule has 0 radical (unpaired) electrons. The van der Waals surface area contributed by atoms with Gasteiger partial charge in [0.05, 0.1) is 6.26 Å². The van der Waals surface area contributed by atoms with Gasteiger partial charge in [-0.05, 0) is 32.3 Å². The van der Waals surface area contributed by atoms with Crippen molar-refractivity contribution >= 4 is 35.8 Å². The molecule has 1 aromatic rings. The van der Waals surface area contributed by atoms with Crippen molar-refractivity contribution in [1.29, 1.82) is 0 Å². The Kier molecular flexibility index (Phi) is 11.5. The maximum Gasteiger partial charge on any atom is 0.287 e. The van der Waals surface area contributed by atoms with Gasteiger partial charge in [0, 0.05) is 57.9 Å². The average Bonchev–Trinajstić information content (AvgIpc) is 3.07. The number of halogens is 1. The molecule has 160 valence electrons. The van der Waals surface area contributed by atoms with E-state index in [2.05, 4.69) is 41.2 Å². The molecule has 2 N–H and O–H groups in total. The number of hydrogen-bond donors (Lipinski definition) is 2. The van der Waals surface area contributed by atoms with Crippen LogP contribution in [0.5, 0.6) is 0 Å². The van der Waals surface area contributed by atoms with Crippen LogP contribution < -0.4 is 10.6 Å². The van der Waals surface area contributed by atoms with Gasteiger partial charge in [-0.3, -0.25) is 14.7 Å². The zero-order valence-corrected chi connectivity index (χ0v) is 20.0. The molecule has 8 heteroatoms. The molecule has 1 aliphatic rings. The number of nitrogens with one attached hydrogen (secondary N) is 2. The maximum absolute atomic E-state index is 12.0. The summed E-state index contributed by atoms with van der Waals surface area (Å²) in [7, 11) is 0. The van der Waals surface area contributed by atoms with Crippen LogP contribution in [0, 0.1) is 12.8 Å². The molecule has 0 spiro atoms. The fraction of sp³-hybridized carbons (Fsp3) is 0.700. The number of carbonyl (C=O) groups excluding carboxylic acids is 1. The van der Waals surface area contributed by atoms with E-state index >= 15 is 0 Å². The normalized spacial score (nSPS) is 15.5. The quantitative estimate of drug-likeness (QED) is 0.246. The Balaban J connectivity index is 0.00000392. The lowest BCUT2D eigenvalue weighted by Crippen LogP contribution is -2.53. The Morgan fingerprint density at radius 1 is 1.25 bits per heavy atom. The first kappa shape index (κ1) is 24.7. The molecule has 0 saturated carbocycles. The summed E-state index contributed by atoms with van der Waals surface area (Å²) >= 11 is 0. The number of hydrogen-bond acceptors (Lipinski definition) is 4. The predicted molar refractivity (Wildman–Crippen MR) is 125 cm³/mol. The summed E-state index contributed by atoms with van der Waals surface area (Å²) in [5.41, 5.74) is 0.858. The summed E-state index contributed by atoms with van der Waals surface area (Å²) in [6, 6.07) is 1.79. The molecule has 7 nitrogen and oxygen atoms in total. The minimum Gasteiger partial charge on any atom is -0.459 e. The average molecular weight is 505 g/mol. The van der Waals surface area contributed by atoms with Crippen LogP contribution in [0.1, 0.15) is 43.3 Å². The van der Waals surface area contributed by atoms with Crippen LogP contribution in [0.15, 0.2) is 21.7 Å². The van der Waals surface area contributed by atoms with Crippen molar-refractivity contribution in [3.63, 3.8) is 0 Å². The Morgan fingerprint density at radius 2 is 1.96 bits per heavy atom. The summed E-state index contributed by atoms with van der Waals surface area (Å²) in [6.45, 7) is 16.0. The first-order chi connectivity index (χ1) is 13.0. The van der Waals surface area contributed by atoms with Gasteiger partial charge in [0.25, 0.3) is 5.91 Å². The van der Waals surface area contributed by atoms with Crippen molar-refractivity contribution in [3.05, 3.63) is 23.7 Å². The molecule has 1 fully saturated rings. The lowest BCUT2D eigenvalue weighted by molar-refractivity contribution is 0.0925. The summed E-state index contributed by atoms with van der Waals surface area (Å²) in [5.74, 6) is 1.93. The zero-order valence-electron chi connectivity index (χ0n) is 17.7. The smallest absolute Gasteiger partial charge is 0.287 e. The minimum absolute atomic E-state index is 0. The third-order valence-corrected chi connectivity index (χ3v) is 4.58. The van der Waals surface area contributed by atoms with Crippen LogP contribution in [-0.2, 0) is 0 Å². The molecule has 1 saturated heterocycles. The van der Waals surface area contributed by atoms with Crippen molar-refractivity contribution < 1.29 is 9.21 Å². The first-order valence-corrected chi connectivity index (χ1v) is 10.1. The van der Waals surface area contributed by atoms with Crippen LogP contribution in [0.3, 0.4) is 0 Å². The van der Waals surface area contributed by atoms with E-state index in [-0.39, 0.29) is 29.9 Å². The third-order valence-electron chi connectivity index (χ3n) is 4.58. The Hall–Kier alpha value is -1.29. The first-order valence-electron chi connectivity index (χ1n) is 10.1. The molecular formula is C20H36IN5O2. The summed E-state index contributed by atoms with van der Waals surface area (Å²) in [6.07, 6.45) is 2.34. The van der Waals surface area contributed by atoms with Gasteiger partial charge in [-0.1, -0.05) is 13.8 Å². The van der Waals surface area contributed by atoms with Crippen molar-refractivity contribution in [2.45, 2.75) is 34.1 Å². The monoisotopic (exact) mass is 505 g/mol. The van der Waals surface area contributed by atoms with E-state index in [0.717, 1.165) is 57.2 Å². The number of aliphatic imine (C=N–C) groups is 1. The number of piperazine rings is 1. The number of nitrogens with zero attached hydrogens (tertiary/aromatic N) is 3. The largest absolute Gasteiger partial charge is 0.459 e. The molecule has 0 unspecified atom stereocenters. The highest BCUT2D eigenvalue weighted by Gasteiger charge is 2.19. The number of furan rings is 1. The predicted octanol–water partition coefficient (Wildman–Crippen LogP) is 2.57. The van der Waals surface area contributed by atoms with Crippen LogP contribution >= 0.6 is 24.0 Å². The molecule has 1 amide bonds. The second-order valence-electron chi connectivity index (χ2n) is 7.46. The van der Waals surface area contributed by atoms with Gasteiger partial charge >= 0.3 is 0 Å². The lowest BCUT2D eigenvalue weighted by Gasteiger charge is -2.37. The molecule has 2 heterocycles. The van der Waals surface area contributed by atoms with Gasteiger partial charge in [0.2, 0.25) is 0 Å². The second-order valence-corrected chi connectivity index (χ2v) is 7.46. The van der Waals surface area contributed by atoms with E-state index in [9.17, 15) is 4.79 Å². The minimum atomic E-state index is -0.158. The number of rotatable bonds is 8. The molecule has 0 aromatic carbocycles. The fourth-order valence-electron chi connectivity index (χ4n) is 3.24. The lowest BCUT2D eigenvalue weighted by atomic mass is 10.2. The molecule has 0 aliphatic carbocycles. The van der Waals surface area contributed by atoms with E-state index in [4.69, 9.17) is 9.41 Å². The molecule has 0 bridgehead atoms. The van der Waals surface area contributed by atoms with Crippen molar-refractivity contribution in [3.8, 4) is 0 Å². The number of aryl methyl sites for hydroxylation is 1. The molecule has 1 aliphatic heterocycles. The van der Waals surface area contributed by atoms with Crippen LogP contribution in [-0.4, -0.2) is 74.0 Å². The number of amides is 1. The Bertz CT molecular complexity index is 609. The van der Waals surface area contributed by atoms with E-state index in [0.29, 0.717) is 24.8 Å². The van der Waals surface area contributed by atoms with Gasteiger partial charge in [-0.25, -0.2) is 0 Å². The van der Waals surface area contributed by atoms with Gasteiger partial charge in [0.15, 0.2) is 11.7 Å². The topological polar surface area (TPSA) is 73.1 Å². The van der Waals surface area contributed by atoms with Crippen LogP contribution in [0.25, 0.3) is 0 Å². The Labute approximate surface area is 186 Å². The fourth-order valence-corrected chi connectivity index (χ4v) is 3.24. The van der Waals surface area contributed by atoms with Gasteiger partial charge in [-0.2, -0.15) is 0 Å². The van der Waals surface area contributed by atoms with E-state index in [1.807, 2.05) is 6.92 Å². The van der Waals surface area contributed by atoms with E-state index < -0.39 is 0 Å². The van der Waals surface area contributed by atoms with E-state index in [1.165, 1.54) is 6.26 Å². The molecule has 1 aromatic heterocycles. The third kappa shape index (κ3) is 7.98. The summed E-state index contributed by atoms with van der Waals surface area (Å²) < 4.78 is 5.20. The highest BCUT2D eigenvalue weighted by Crippen LogP contribution is 2.08. The molecule has 2 rings (SSSR count). The molecule has 0 atom stereocenters. The Morgan fingerprint density at radius 3 is 2.54 bits per heavy atom. The standard InChI is InChI=1S/C20H35N5O2.HI/c1-5-21-20(25-12-10-24(11-13-25)15-16(2)3)23-9-6-8-22-19(26)18-17(4)7-14-27-18;/h7,14,16H,5-6,8-13,15H2,1-4H3,(H,21,23)(H,22,26);1H. The van der Waals surface area contributed by atoms with Crippen LogP contribution in [0.2, 0.25) is 0 Å². The van der Waals surface area contributed by atoms with E-state index in [1.54, 1.807) is 6.07 Å². The summed E-state index contributed by atoms with van der Waals surface area (Å²) in [5, 5.41) is 6.29. The van der Waals surface area contributed by atoms with Gasteiger partial charge in [-0.15, -0.1) is 24.0 Å².